The largest absolute Gasteiger partial charge is 0.297 e. The average Bonchev–Trinajstić information content (AvgIpc) is 2.99. The van der Waals surface area contributed by atoms with Gasteiger partial charge in [0, 0.05) is 11.1 Å². The van der Waals surface area contributed by atoms with E-state index < -0.39 is 5.92 Å². The molecule has 1 aromatic carbocycles. The molecule has 1 atom stereocenters. The smallest absolute Gasteiger partial charge is 0.167 e. The molecule has 24 heavy (non-hydrogen) atoms. The van der Waals surface area contributed by atoms with Crippen LogP contribution >= 0.6 is 23.1 Å². The molecular weight excluding hydrogens is 340 g/mol. The fourth-order valence-electron chi connectivity index (χ4n) is 2.20. The number of ketones is 1. The highest BCUT2D eigenvalue weighted by Crippen LogP contribution is 2.26. The van der Waals surface area contributed by atoms with Gasteiger partial charge in [0.05, 0.1) is 28.5 Å². The van der Waals surface area contributed by atoms with Crippen LogP contribution in [0.3, 0.4) is 0 Å². The van der Waals surface area contributed by atoms with Crippen molar-refractivity contribution in [3.05, 3.63) is 46.0 Å². The van der Waals surface area contributed by atoms with Gasteiger partial charge in [-0.15, -0.1) is 11.3 Å². The number of hydrogen-bond acceptors (Lipinski definition) is 7. The van der Waals surface area contributed by atoms with Crippen LogP contribution in [0.25, 0.3) is 11.0 Å². The van der Waals surface area contributed by atoms with Gasteiger partial charge in [-0.2, -0.15) is 5.26 Å². The Balaban J connectivity index is 1.76. The first kappa shape index (κ1) is 16.6. The number of benzene rings is 1. The summed E-state index contributed by atoms with van der Waals surface area (Å²) in [6.45, 7) is 3.72. The molecule has 0 saturated carbocycles. The van der Waals surface area contributed by atoms with E-state index in [0.717, 1.165) is 22.4 Å². The Morgan fingerprint density at radius 1 is 1.25 bits per heavy atom. The molecule has 0 radical (unpaired) electrons. The fourth-order valence-corrected chi connectivity index (χ4v) is 3.93. The lowest BCUT2D eigenvalue weighted by molar-refractivity contribution is -0.116. The zero-order valence-corrected chi connectivity index (χ0v) is 14.8. The van der Waals surface area contributed by atoms with Gasteiger partial charge in [0.2, 0.25) is 0 Å². The molecule has 0 amide bonds. The number of carbonyl (C=O) groups is 1. The Morgan fingerprint density at radius 2 is 1.96 bits per heavy atom. The molecule has 0 N–H and O–H groups in total. The van der Waals surface area contributed by atoms with Gasteiger partial charge in [-0.3, -0.25) is 4.79 Å². The number of thioether (sulfide) groups is 1. The summed E-state index contributed by atoms with van der Waals surface area (Å²) >= 11 is 2.66. The number of nitrogens with zero attached hydrogens (tertiary/aromatic N) is 4. The second-order valence-electron chi connectivity index (χ2n) is 5.25. The molecule has 0 unspecified atom stereocenters. The van der Waals surface area contributed by atoms with Crippen molar-refractivity contribution in [2.45, 2.75) is 24.8 Å². The van der Waals surface area contributed by atoms with Crippen molar-refractivity contribution < 1.29 is 4.79 Å². The average molecular weight is 354 g/mol. The molecule has 0 aliphatic rings. The van der Waals surface area contributed by atoms with E-state index >= 15 is 0 Å². The summed E-state index contributed by atoms with van der Waals surface area (Å²) < 4.78 is 0. The molecule has 2 aromatic heterocycles. The quantitative estimate of drug-likeness (QED) is 0.650. The van der Waals surface area contributed by atoms with E-state index in [9.17, 15) is 10.1 Å². The number of Topliss-reactive ketones (excluding diaryl/α,β-unsaturated/α-hetero) is 1. The predicted molar refractivity (Wildman–Crippen MR) is 95.2 cm³/mol. The first-order valence-corrected chi connectivity index (χ1v) is 9.15. The molecule has 0 spiro atoms. The SMILES string of the molecule is Cc1csc([C@H](C#N)C(=O)CSc2nc3ccccc3nc2C)n1. The highest BCUT2D eigenvalue weighted by atomic mass is 32.2. The molecule has 5 nitrogen and oxygen atoms in total. The van der Waals surface area contributed by atoms with Crippen LogP contribution in [0.1, 0.15) is 22.3 Å². The molecule has 3 rings (SSSR count). The number of para-hydroxylation sites is 2. The minimum absolute atomic E-state index is 0.161. The van der Waals surface area contributed by atoms with Crippen LogP contribution in [0.2, 0.25) is 0 Å². The molecule has 2 heterocycles. The van der Waals surface area contributed by atoms with Crippen LogP contribution in [0.5, 0.6) is 0 Å². The number of carbonyl (C=O) groups excluding carboxylic acids is 1. The van der Waals surface area contributed by atoms with E-state index in [-0.39, 0.29) is 11.5 Å². The van der Waals surface area contributed by atoms with Crippen molar-refractivity contribution in [2.24, 2.45) is 0 Å². The summed E-state index contributed by atoms with van der Waals surface area (Å²) in [5.74, 6) is -0.804. The molecule has 7 heteroatoms. The standard InChI is InChI=1S/C17H14N4OS2/c1-10-8-23-17(19-10)12(7-18)15(22)9-24-16-11(2)20-13-5-3-4-6-14(13)21-16/h3-6,8,12H,9H2,1-2H3/t12-/m1/s1. The van der Waals surface area contributed by atoms with Crippen molar-refractivity contribution >= 4 is 39.9 Å². The third kappa shape index (κ3) is 3.45. The van der Waals surface area contributed by atoms with Gasteiger partial charge in [0.1, 0.15) is 10.0 Å². The fraction of sp³-hybridized carbons (Fsp3) is 0.235. The van der Waals surface area contributed by atoms with Crippen LogP contribution < -0.4 is 0 Å². The monoisotopic (exact) mass is 354 g/mol. The maximum atomic E-state index is 12.4. The molecule has 0 aliphatic heterocycles. The van der Waals surface area contributed by atoms with Gasteiger partial charge in [-0.05, 0) is 26.0 Å². The van der Waals surface area contributed by atoms with Crippen LogP contribution in [0.15, 0.2) is 34.7 Å². The lowest BCUT2D eigenvalue weighted by Gasteiger charge is -2.07. The van der Waals surface area contributed by atoms with Crippen molar-refractivity contribution in [3.63, 3.8) is 0 Å². The first-order chi connectivity index (χ1) is 11.6. The van der Waals surface area contributed by atoms with Crippen LogP contribution in [-0.4, -0.2) is 26.5 Å². The molecule has 120 valence electrons. The highest BCUT2D eigenvalue weighted by Gasteiger charge is 2.23. The van der Waals surface area contributed by atoms with E-state index in [1.54, 1.807) is 0 Å². The summed E-state index contributed by atoms with van der Waals surface area (Å²) in [6.07, 6.45) is 0. The topological polar surface area (TPSA) is 79.5 Å². The molecule has 0 fully saturated rings. The lowest BCUT2D eigenvalue weighted by atomic mass is 10.1. The second kappa shape index (κ2) is 7.07. The van der Waals surface area contributed by atoms with Crippen LogP contribution in [0.4, 0.5) is 0 Å². The maximum Gasteiger partial charge on any atom is 0.167 e. The Bertz CT molecular complexity index is 945. The summed E-state index contributed by atoms with van der Waals surface area (Å²) in [7, 11) is 0. The Kier molecular flexibility index (Phi) is 4.88. The van der Waals surface area contributed by atoms with Crippen molar-refractivity contribution in [1.82, 2.24) is 15.0 Å². The van der Waals surface area contributed by atoms with E-state index in [1.165, 1.54) is 23.1 Å². The predicted octanol–water partition coefficient (Wildman–Crippen LogP) is 3.67. The van der Waals surface area contributed by atoms with Crippen molar-refractivity contribution in [2.75, 3.05) is 5.75 Å². The summed E-state index contributed by atoms with van der Waals surface area (Å²) in [6, 6.07) is 9.68. The number of rotatable bonds is 5. The maximum absolute atomic E-state index is 12.4. The molecule has 3 aromatic rings. The van der Waals surface area contributed by atoms with Crippen molar-refractivity contribution in [3.8, 4) is 6.07 Å². The molecule has 0 saturated heterocycles. The number of aromatic nitrogens is 3. The van der Waals surface area contributed by atoms with Gasteiger partial charge >= 0.3 is 0 Å². The Morgan fingerprint density at radius 3 is 2.58 bits per heavy atom. The number of fused-ring (bicyclic) bond motifs is 1. The van der Waals surface area contributed by atoms with Gasteiger partial charge < -0.3 is 0 Å². The van der Waals surface area contributed by atoms with Crippen LogP contribution in [-0.2, 0) is 4.79 Å². The zero-order valence-electron chi connectivity index (χ0n) is 13.2. The normalized spacial score (nSPS) is 12.0. The minimum atomic E-state index is -0.815. The molecule has 0 aliphatic carbocycles. The van der Waals surface area contributed by atoms with Gasteiger partial charge in [-0.25, -0.2) is 15.0 Å². The van der Waals surface area contributed by atoms with E-state index in [4.69, 9.17) is 0 Å². The number of nitriles is 1. The molecular formula is C17H14N4OS2. The zero-order chi connectivity index (χ0) is 17.1. The second-order valence-corrected chi connectivity index (χ2v) is 7.10. The highest BCUT2D eigenvalue weighted by molar-refractivity contribution is 8.00. The van der Waals surface area contributed by atoms with E-state index in [2.05, 4.69) is 21.0 Å². The number of hydrogen-bond donors (Lipinski definition) is 0. The van der Waals surface area contributed by atoms with E-state index in [0.29, 0.717) is 10.0 Å². The van der Waals surface area contributed by atoms with Gasteiger partial charge in [-0.1, -0.05) is 23.9 Å². The summed E-state index contributed by atoms with van der Waals surface area (Å²) in [5.41, 5.74) is 3.24. The third-order valence-electron chi connectivity index (χ3n) is 3.39. The Hall–Kier alpha value is -2.30. The van der Waals surface area contributed by atoms with Gasteiger partial charge in [0.15, 0.2) is 11.7 Å². The lowest BCUT2D eigenvalue weighted by Crippen LogP contribution is -2.13. The number of aryl methyl sites for hydroxylation is 2. The molecule has 0 bridgehead atoms. The van der Waals surface area contributed by atoms with Gasteiger partial charge in [0.25, 0.3) is 0 Å². The number of thiazole rings is 1. The first-order valence-electron chi connectivity index (χ1n) is 7.29. The third-order valence-corrected chi connectivity index (χ3v) is 5.50. The van der Waals surface area contributed by atoms with E-state index in [1.807, 2.05) is 43.5 Å². The minimum Gasteiger partial charge on any atom is -0.297 e. The summed E-state index contributed by atoms with van der Waals surface area (Å²) in [4.78, 5) is 25.7. The summed E-state index contributed by atoms with van der Waals surface area (Å²) in [5, 5.41) is 12.4. The Labute approximate surface area is 147 Å². The van der Waals surface area contributed by atoms with Crippen molar-refractivity contribution in [1.29, 1.82) is 5.26 Å². The van der Waals surface area contributed by atoms with Crippen LogP contribution in [0, 0.1) is 25.2 Å².